The van der Waals surface area contributed by atoms with Crippen LogP contribution in [0.2, 0.25) is 0 Å². The van der Waals surface area contributed by atoms with Gasteiger partial charge in [0.15, 0.2) is 0 Å². The van der Waals surface area contributed by atoms with E-state index in [9.17, 15) is 8.42 Å². The molecule has 0 saturated carbocycles. The summed E-state index contributed by atoms with van der Waals surface area (Å²) in [7, 11) is -3.67. The highest BCUT2D eigenvalue weighted by molar-refractivity contribution is 7.89. The Morgan fingerprint density at radius 3 is 2.32 bits per heavy atom. The summed E-state index contributed by atoms with van der Waals surface area (Å²) in [6, 6.07) is 27.3. The second kappa shape index (κ2) is 9.08. The molecule has 0 unspecified atom stereocenters. The molecule has 0 bridgehead atoms. The van der Waals surface area contributed by atoms with Gasteiger partial charge >= 0.3 is 0 Å². The summed E-state index contributed by atoms with van der Waals surface area (Å²) < 4.78 is 31.3. The van der Waals surface area contributed by atoms with E-state index in [-0.39, 0.29) is 5.92 Å². The van der Waals surface area contributed by atoms with Gasteiger partial charge in [0.1, 0.15) is 0 Å². The average Bonchev–Trinajstić information content (AvgIpc) is 3.19. The molecule has 0 atom stereocenters. The van der Waals surface area contributed by atoms with Gasteiger partial charge in [-0.15, -0.1) is 0 Å². The van der Waals surface area contributed by atoms with Crippen molar-refractivity contribution in [2.75, 3.05) is 6.54 Å². The maximum Gasteiger partial charge on any atom is 0.244 e. The lowest BCUT2D eigenvalue weighted by molar-refractivity contribution is 0.355. The summed E-state index contributed by atoms with van der Waals surface area (Å²) in [5.41, 5.74) is 2.17. The summed E-state index contributed by atoms with van der Waals surface area (Å²) >= 11 is 0. The number of benzene rings is 3. The Morgan fingerprint density at radius 1 is 0.839 bits per heavy atom. The summed E-state index contributed by atoms with van der Waals surface area (Å²) in [5, 5.41) is 1.69. The maximum absolute atomic E-state index is 13.8. The summed E-state index contributed by atoms with van der Waals surface area (Å²) in [6.45, 7) is 5.61. The Hall–Kier alpha value is -2.89. The fourth-order valence-corrected chi connectivity index (χ4v) is 5.71. The normalized spacial score (nSPS) is 12.1. The molecule has 0 amide bonds. The molecule has 0 aliphatic rings. The third-order valence-corrected chi connectivity index (χ3v) is 7.26. The first-order valence-electron chi connectivity index (χ1n) is 10.6. The lowest BCUT2D eigenvalue weighted by Gasteiger charge is -2.25. The Kier molecular flexibility index (Phi) is 6.25. The van der Waals surface area contributed by atoms with Crippen molar-refractivity contribution in [2.45, 2.75) is 31.8 Å². The van der Waals surface area contributed by atoms with Crippen LogP contribution in [0.4, 0.5) is 0 Å². The van der Waals surface area contributed by atoms with Gasteiger partial charge in [0, 0.05) is 30.4 Å². The molecule has 0 N–H and O–H groups in total. The second-order valence-electron chi connectivity index (χ2n) is 8.28. The third-order valence-electron chi connectivity index (χ3n) is 5.39. The van der Waals surface area contributed by atoms with Crippen molar-refractivity contribution in [1.82, 2.24) is 8.87 Å². The van der Waals surface area contributed by atoms with Crippen LogP contribution in [0.3, 0.4) is 0 Å². The minimum atomic E-state index is -3.67. The molecule has 0 fully saturated rings. The smallest absolute Gasteiger partial charge is 0.244 e. The molecular weight excluding hydrogens is 404 g/mol. The van der Waals surface area contributed by atoms with Crippen LogP contribution in [0.25, 0.3) is 10.8 Å². The second-order valence-corrected chi connectivity index (χ2v) is 10.2. The van der Waals surface area contributed by atoms with E-state index in [1.807, 2.05) is 72.9 Å². The summed E-state index contributed by atoms with van der Waals surface area (Å²) in [6.07, 6.45) is 2.01. The lowest BCUT2D eigenvalue weighted by atomic mass is 10.1. The molecule has 4 rings (SSSR count). The van der Waals surface area contributed by atoms with Gasteiger partial charge in [0.2, 0.25) is 10.0 Å². The molecule has 4 aromatic rings. The minimum absolute atomic E-state index is 0.210. The SMILES string of the molecule is CC(C)CN(Cc1cccn1Cc1ccccc1)S(=O)(=O)c1cccc2ccccc12. The molecule has 3 aromatic carbocycles. The van der Waals surface area contributed by atoms with E-state index < -0.39 is 10.0 Å². The molecule has 0 spiro atoms. The molecule has 5 heteroatoms. The van der Waals surface area contributed by atoms with Crippen molar-refractivity contribution in [1.29, 1.82) is 0 Å². The number of hydrogen-bond donors (Lipinski definition) is 0. The topological polar surface area (TPSA) is 42.3 Å². The zero-order valence-electron chi connectivity index (χ0n) is 18.0. The number of hydrogen-bond acceptors (Lipinski definition) is 2. The standard InChI is InChI=1S/C26H28N2O2S/c1-21(2)18-28(20-24-14-9-17-27(24)19-22-10-4-3-5-11-22)31(29,30)26-16-8-13-23-12-6-7-15-25(23)26/h3-17,21H,18-20H2,1-2H3. The van der Waals surface area contributed by atoms with Crippen molar-refractivity contribution >= 4 is 20.8 Å². The molecular formula is C26H28N2O2S. The number of nitrogens with zero attached hydrogens (tertiary/aromatic N) is 2. The number of sulfonamides is 1. The highest BCUT2D eigenvalue weighted by atomic mass is 32.2. The molecule has 0 saturated heterocycles. The van der Waals surface area contributed by atoms with Crippen LogP contribution in [0, 0.1) is 5.92 Å². The molecule has 0 aliphatic heterocycles. The predicted octanol–water partition coefficient (Wildman–Crippen LogP) is 5.54. The van der Waals surface area contributed by atoms with Gasteiger partial charge in [0.25, 0.3) is 0 Å². The van der Waals surface area contributed by atoms with Crippen LogP contribution in [0.5, 0.6) is 0 Å². The molecule has 1 heterocycles. The highest BCUT2D eigenvalue weighted by Gasteiger charge is 2.27. The van der Waals surface area contributed by atoms with Gasteiger partial charge in [0.05, 0.1) is 11.4 Å². The van der Waals surface area contributed by atoms with Crippen molar-refractivity contribution in [3.8, 4) is 0 Å². The number of fused-ring (bicyclic) bond motifs is 1. The van der Waals surface area contributed by atoms with E-state index in [1.165, 1.54) is 5.56 Å². The van der Waals surface area contributed by atoms with Gasteiger partial charge in [-0.25, -0.2) is 8.42 Å². The average molecular weight is 433 g/mol. The first-order chi connectivity index (χ1) is 14.9. The van der Waals surface area contributed by atoms with Crippen molar-refractivity contribution < 1.29 is 8.42 Å². The van der Waals surface area contributed by atoms with Crippen LogP contribution in [-0.4, -0.2) is 23.8 Å². The Balaban J connectivity index is 1.69. The van der Waals surface area contributed by atoms with Crippen LogP contribution < -0.4 is 0 Å². The molecule has 31 heavy (non-hydrogen) atoms. The zero-order chi connectivity index (χ0) is 21.8. The minimum Gasteiger partial charge on any atom is -0.346 e. The van der Waals surface area contributed by atoms with Crippen molar-refractivity contribution in [3.63, 3.8) is 0 Å². The van der Waals surface area contributed by atoms with Crippen LogP contribution in [0.15, 0.2) is 96.0 Å². The number of aromatic nitrogens is 1. The maximum atomic E-state index is 13.8. The van der Waals surface area contributed by atoms with Crippen molar-refractivity contribution in [3.05, 3.63) is 102 Å². The van der Waals surface area contributed by atoms with Crippen LogP contribution in [0.1, 0.15) is 25.1 Å². The number of rotatable bonds is 8. The molecule has 4 nitrogen and oxygen atoms in total. The van der Waals surface area contributed by atoms with Crippen LogP contribution >= 0.6 is 0 Å². The lowest BCUT2D eigenvalue weighted by Crippen LogP contribution is -2.34. The predicted molar refractivity (Wildman–Crippen MR) is 126 cm³/mol. The van der Waals surface area contributed by atoms with E-state index in [1.54, 1.807) is 10.4 Å². The molecule has 160 valence electrons. The highest BCUT2D eigenvalue weighted by Crippen LogP contribution is 2.27. The fourth-order valence-electron chi connectivity index (χ4n) is 3.92. The molecule has 0 radical (unpaired) electrons. The van der Waals surface area contributed by atoms with Gasteiger partial charge in [-0.05, 0) is 35.1 Å². The Labute approximate surface area is 184 Å². The van der Waals surface area contributed by atoms with E-state index in [0.717, 1.165) is 16.5 Å². The van der Waals surface area contributed by atoms with Crippen LogP contribution in [-0.2, 0) is 23.1 Å². The summed E-state index contributed by atoms with van der Waals surface area (Å²) in [4.78, 5) is 0.368. The van der Waals surface area contributed by atoms with Gasteiger partial charge in [-0.3, -0.25) is 0 Å². The Bertz CT molecular complexity index is 1260. The van der Waals surface area contributed by atoms with E-state index in [0.29, 0.717) is 24.5 Å². The molecule has 1 aromatic heterocycles. The summed E-state index contributed by atoms with van der Waals surface area (Å²) in [5.74, 6) is 0.210. The first-order valence-corrected chi connectivity index (χ1v) is 12.0. The van der Waals surface area contributed by atoms with E-state index >= 15 is 0 Å². The van der Waals surface area contributed by atoms with Gasteiger partial charge < -0.3 is 4.57 Å². The van der Waals surface area contributed by atoms with E-state index in [4.69, 9.17) is 0 Å². The van der Waals surface area contributed by atoms with Gasteiger partial charge in [-0.2, -0.15) is 4.31 Å². The zero-order valence-corrected chi connectivity index (χ0v) is 18.8. The monoisotopic (exact) mass is 432 g/mol. The third kappa shape index (κ3) is 4.73. The first kappa shape index (κ1) is 21.3. The fraction of sp³-hybridized carbons (Fsp3) is 0.231. The largest absolute Gasteiger partial charge is 0.346 e. The Morgan fingerprint density at radius 2 is 1.55 bits per heavy atom. The quantitative estimate of drug-likeness (QED) is 0.367. The van der Waals surface area contributed by atoms with E-state index in [2.05, 4.69) is 30.5 Å². The van der Waals surface area contributed by atoms with Crippen molar-refractivity contribution in [2.24, 2.45) is 5.92 Å². The molecule has 0 aliphatic carbocycles. The van der Waals surface area contributed by atoms with Gasteiger partial charge in [-0.1, -0.05) is 80.6 Å².